The topological polar surface area (TPSA) is 85.5 Å². The van der Waals surface area contributed by atoms with Gasteiger partial charge in [0, 0.05) is 24.7 Å². The Hall–Kier alpha value is -2.87. The number of aromatic nitrogens is 4. The minimum Gasteiger partial charge on any atom is -0.496 e. The van der Waals surface area contributed by atoms with Crippen molar-refractivity contribution in [2.24, 2.45) is 7.05 Å². The molecule has 0 fully saturated rings. The zero-order chi connectivity index (χ0) is 17.6. The van der Waals surface area contributed by atoms with E-state index in [1.807, 2.05) is 24.1 Å². The molecule has 8 nitrogen and oxygen atoms in total. The third-order valence-corrected chi connectivity index (χ3v) is 4.60. The molecule has 0 radical (unpaired) electrons. The molecule has 4 rings (SSSR count). The summed E-state index contributed by atoms with van der Waals surface area (Å²) in [5.41, 5.74) is 2.42. The molecule has 0 saturated carbocycles. The zero-order valence-corrected chi connectivity index (χ0v) is 14.3. The zero-order valence-electron chi connectivity index (χ0n) is 14.3. The first-order valence-electron chi connectivity index (χ1n) is 7.93. The number of nitrogens with zero attached hydrogens (tertiary/aromatic N) is 5. The van der Waals surface area contributed by atoms with E-state index in [2.05, 4.69) is 15.1 Å². The molecule has 1 atom stereocenters. The van der Waals surface area contributed by atoms with Crippen LogP contribution in [0.15, 0.2) is 24.7 Å². The molecule has 0 saturated heterocycles. The molecule has 130 valence electrons. The van der Waals surface area contributed by atoms with E-state index in [4.69, 9.17) is 9.47 Å². The predicted octanol–water partition coefficient (Wildman–Crippen LogP) is 1.43. The molecule has 1 aliphatic heterocycles. The molecule has 8 heteroatoms. The summed E-state index contributed by atoms with van der Waals surface area (Å²) in [5.74, 6) is 2.13. The lowest BCUT2D eigenvalue weighted by atomic mass is 9.95. The number of ether oxygens (including phenoxy) is 2. The SMILES string of the molecule is COc1ccc(OC)c2c1CN(c1ncnc3c1cnn3C)C[C@@H]2O. The predicted molar refractivity (Wildman–Crippen MR) is 91.9 cm³/mol. The van der Waals surface area contributed by atoms with Gasteiger partial charge in [0.25, 0.3) is 0 Å². The van der Waals surface area contributed by atoms with Crippen molar-refractivity contribution >= 4 is 16.9 Å². The number of aliphatic hydroxyl groups excluding tert-OH is 1. The fourth-order valence-electron chi connectivity index (χ4n) is 3.44. The van der Waals surface area contributed by atoms with Crippen molar-refractivity contribution in [2.45, 2.75) is 12.6 Å². The molecule has 0 unspecified atom stereocenters. The van der Waals surface area contributed by atoms with Crippen LogP contribution in [-0.2, 0) is 13.6 Å². The number of hydrogen-bond acceptors (Lipinski definition) is 7. The number of anilines is 1. The van der Waals surface area contributed by atoms with Crippen molar-refractivity contribution in [3.8, 4) is 11.5 Å². The van der Waals surface area contributed by atoms with Crippen LogP contribution in [0.4, 0.5) is 5.82 Å². The maximum atomic E-state index is 10.8. The minimum atomic E-state index is -0.713. The minimum absolute atomic E-state index is 0.400. The Kier molecular flexibility index (Phi) is 3.69. The van der Waals surface area contributed by atoms with E-state index in [1.165, 1.54) is 6.33 Å². The molecule has 0 aliphatic carbocycles. The van der Waals surface area contributed by atoms with Gasteiger partial charge < -0.3 is 19.5 Å². The molecule has 2 aromatic heterocycles. The van der Waals surface area contributed by atoms with Crippen LogP contribution in [-0.4, -0.2) is 45.6 Å². The highest BCUT2D eigenvalue weighted by molar-refractivity contribution is 5.86. The Balaban J connectivity index is 1.83. The first kappa shape index (κ1) is 15.6. The van der Waals surface area contributed by atoms with Crippen LogP contribution < -0.4 is 14.4 Å². The van der Waals surface area contributed by atoms with Gasteiger partial charge in [0.2, 0.25) is 0 Å². The standard InChI is InChI=1S/C17H19N5O3/c1-21-16-10(6-20-21)17(19-9-18-16)22-7-11-13(24-2)4-5-14(25-3)15(11)12(23)8-22/h4-6,9,12,23H,7-8H2,1-3H3/t12-/m0/s1. The number of fused-ring (bicyclic) bond motifs is 2. The quantitative estimate of drug-likeness (QED) is 0.771. The van der Waals surface area contributed by atoms with Crippen molar-refractivity contribution in [3.05, 3.63) is 35.8 Å². The average molecular weight is 341 g/mol. The Morgan fingerprint density at radius 2 is 1.92 bits per heavy atom. The molecule has 0 spiro atoms. The summed E-state index contributed by atoms with van der Waals surface area (Å²) < 4.78 is 12.6. The summed E-state index contributed by atoms with van der Waals surface area (Å²) in [6, 6.07) is 3.67. The summed E-state index contributed by atoms with van der Waals surface area (Å²) in [4.78, 5) is 10.7. The number of methoxy groups -OCH3 is 2. The van der Waals surface area contributed by atoms with Crippen LogP contribution in [0, 0.1) is 0 Å². The molecule has 3 heterocycles. The lowest BCUT2D eigenvalue weighted by molar-refractivity contribution is 0.169. The number of benzene rings is 1. The second-order valence-corrected chi connectivity index (χ2v) is 5.96. The summed E-state index contributed by atoms with van der Waals surface area (Å²) in [5, 5.41) is 15.9. The fraction of sp³-hybridized carbons (Fsp3) is 0.353. The molecular weight excluding hydrogens is 322 g/mol. The highest BCUT2D eigenvalue weighted by atomic mass is 16.5. The number of β-amino-alcohol motifs (C(OH)–C–C–N with tert-alkyl or cyclic N) is 1. The van der Waals surface area contributed by atoms with Crippen LogP contribution >= 0.6 is 0 Å². The van der Waals surface area contributed by atoms with Crippen LogP contribution in [0.5, 0.6) is 11.5 Å². The largest absolute Gasteiger partial charge is 0.496 e. The second kappa shape index (κ2) is 5.89. The third kappa shape index (κ3) is 2.37. The van der Waals surface area contributed by atoms with Gasteiger partial charge >= 0.3 is 0 Å². The first-order chi connectivity index (χ1) is 12.1. The van der Waals surface area contributed by atoms with Gasteiger partial charge in [-0.05, 0) is 12.1 Å². The second-order valence-electron chi connectivity index (χ2n) is 5.96. The van der Waals surface area contributed by atoms with E-state index < -0.39 is 6.10 Å². The van der Waals surface area contributed by atoms with Gasteiger partial charge in [0.1, 0.15) is 29.7 Å². The van der Waals surface area contributed by atoms with E-state index in [0.717, 1.165) is 33.7 Å². The lowest BCUT2D eigenvalue weighted by Crippen LogP contribution is -2.34. The van der Waals surface area contributed by atoms with Crippen molar-refractivity contribution in [2.75, 3.05) is 25.7 Å². The van der Waals surface area contributed by atoms with Crippen molar-refractivity contribution < 1.29 is 14.6 Å². The van der Waals surface area contributed by atoms with E-state index in [1.54, 1.807) is 25.1 Å². The average Bonchev–Trinajstić information content (AvgIpc) is 3.02. The van der Waals surface area contributed by atoms with Gasteiger partial charge in [-0.25, -0.2) is 9.97 Å². The maximum absolute atomic E-state index is 10.8. The Morgan fingerprint density at radius 3 is 2.68 bits per heavy atom. The smallest absolute Gasteiger partial charge is 0.163 e. The summed E-state index contributed by atoms with van der Waals surface area (Å²) in [6.45, 7) is 0.950. The highest BCUT2D eigenvalue weighted by Gasteiger charge is 2.31. The summed E-state index contributed by atoms with van der Waals surface area (Å²) >= 11 is 0. The first-order valence-corrected chi connectivity index (χ1v) is 7.93. The van der Waals surface area contributed by atoms with Gasteiger partial charge in [0.05, 0.1) is 32.3 Å². The molecule has 1 aliphatic rings. The van der Waals surface area contributed by atoms with Crippen LogP contribution in [0.3, 0.4) is 0 Å². The number of hydrogen-bond donors (Lipinski definition) is 1. The van der Waals surface area contributed by atoms with Gasteiger partial charge in [-0.2, -0.15) is 5.10 Å². The van der Waals surface area contributed by atoms with Crippen LogP contribution in [0.2, 0.25) is 0 Å². The van der Waals surface area contributed by atoms with Crippen molar-refractivity contribution in [3.63, 3.8) is 0 Å². The Labute approximate surface area is 144 Å². The van der Waals surface area contributed by atoms with E-state index in [0.29, 0.717) is 18.8 Å². The molecule has 25 heavy (non-hydrogen) atoms. The van der Waals surface area contributed by atoms with Gasteiger partial charge in [-0.1, -0.05) is 0 Å². The number of aliphatic hydroxyl groups is 1. The highest BCUT2D eigenvalue weighted by Crippen LogP contribution is 2.41. The summed E-state index contributed by atoms with van der Waals surface area (Å²) in [6.07, 6.45) is 2.55. The lowest BCUT2D eigenvalue weighted by Gasteiger charge is -2.34. The molecule has 1 N–H and O–H groups in total. The number of aryl methyl sites for hydroxylation is 1. The van der Waals surface area contributed by atoms with Gasteiger partial charge in [-0.3, -0.25) is 4.68 Å². The van der Waals surface area contributed by atoms with Crippen LogP contribution in [0.25, 0.3) is 11.0 Å². The van der Waals surface area contributed by atoms with Gasteiger partial charge in [-0.15, -0.1) is 0 Å². The van der Waals surface area contributed by atoms with E-state index in [-0.39, 0.29) is 0 Å². The molecule has 0 amide bonds. The van der Waals surface area contributed by atoms with Gasteiger partial charge in [0.15, 0.2) is 5.65 Å². The fourth-order valence-corrected chi connectivity index (χ4v) is 3.44. The molecule has 3 aromatic rings. The van der Waals surface area contributed by atoms with Crippen LogP contribution in [0.1, 0.15) is 17.2 Å². The van der Waals surface area contributed by atoms with E-state index >= 15 is 0 Å². The normalized spacial score (nSPS) is 16.8. The maximum Gasteiger partial charge on any atom is 0.163 e. The summed E-state index contributed by atoms with van der Waals surface area (Å²) in [7, 11) is 5.07. The third-order valence-electron chi connectivity index (χ3n) is 4.60. The Bertz CT molecular complexity index is 939. The molecule has 0 bridgehead atoms. The molecular formula is C17H19N5O3. The molecule has 1 aromatic carbocycles. The Morgan fingerprint density at radius 1 is 1.16 bits per heavy atom. The van der Waals surface area contributed by atoms with E-state index in [9.17, 15) is 5.11 Å². The van der Waals surface area contributed by atoms with Crippen molar-refractivity contribution in [1.82, 2.24) is 19.7 Å². The van der Waals surface area contributed by atoms with Crippen molar-refractivity contribution in [1.29, 1.82) is 0 Å². The number of rotatable bonds is 3. The monoisotopic (exact) mass is 341 g/mol.